The van der Waals surface area contributed by atoms with E-state index in [0.29, 0.717) is 64.0 Å². The molecule has 13 nitrogen and oxygen atoms in total. The lowest BCUT2D eigenvalue weighted by molar-refractivity contribution is 0.0122. The molecule has 0 radical (unpaired) electrons. The predicted molar refractivity (Wildman–Crippen MR) is 277 cm³/mol. The first-order chi connectivity index (χ1) is 33.9. The molecule has 1 amide bonds. The summed E-state index contributed by atoms with van der Waals surface area (Å²) in [6.45, 7) is 24.0. The number of anilines is 1. The van der Waals surface area contributed by atoms with Crippen molar-refractivity contribution in [1.29, 1.82) is 0 Å². The lowest BCUT2D eigenvalue weighted by Crippen LogP contribution is -2.57. The molecule has 3 aliphatic heterocycles. The van der Waals surface area contributed by atoms with Gasteiger partial charge >= 0.3 is 12.1 Å². The minimum absolute atomic E-state index is 0.0628. The van der Waals surface area contributed by atoms with Gasteiger partial charge in [0.05, 0.1) is 23.0 Å². The maximum Gasteiger partial charge on any atom is 0.410 e. The molecular weight excluding hydrogens is 921 g/mol. The van der Waals surface area contributed by atoms with E-state index in [4.69, 9.17) is 33.9 Å². The molecule has 0 aliphatic carbocycles. The summed E-state index contributed by atoms with van der Waals surface area (Å²) in [5, 5.41) is 12.7. The Kier molecular flexibility index (Phi) is 15.9. The Morgan fingerprint density at radius 3 is 2.18 bits per heavy atom. The molecule has 380 valence electrons. The molecule has 1 N–H and O–H groups in total. The highest BCUT2D eigenvalue weighted by Gasteiger charge is 2.45. The molecule has 2 aromatic heterocycles. The molecule has 3 aromatic carbocycles. The maximum absolute atomic E-state index is 17.9. The number of aliphatic hydroxyl groups is 1. The van der Waals surface area contributed by atoms with Crippen LogP contribution in [0.1, 0.15) is 86.3 Å². The van der Waals surface area contributed by atoms with Crippen molar-refractivity contribution in [3.8, 4) is 34.5 Å². The zero-order valence-electron chi connectivity index (χ0n) is 43.1. The second-order valence-corrected chi connectivity index (χ2v) is 27.0. The van der Waals surface area contributed by atoms with Gasteiger partial charge in [0.25, 0.3) is 0 Å². The fourth-order valence-corrected chi connectivity index (χ4v) is 16.4. The molecule has 71 heavy (non-hydrogen) atoms. The number of hydrogen-bond donors (Lipinski definition) is 1. The minimum Gasteiger partial charge on any atom is -0.468 e. The second-order valence-electron chi connectivity index (χ2n) is 21.4. The van der Waals surface area contributed by atoms with Gasteiger partial charge < -0.3 is 29.0 Å². The van der Waals surface area contributed by atoms with Crippen LogP contribution in [0.25, 0.3) is 32.9 Å². The van der Waals surface area contributed by atoms with E-state index in [2.05, 4.69) is 87.1 Å². The Bertz CT molecular complexity index is 2720. The van der Waals surface area contributed by atoms with Crippen molar-refractivity contribution in [2.24, 2.45) is 0 Å². The number of carbonyl (C=O) groups excluding carboxylic acids is 1. The van der Waals surface area contributed by atoms with Crippen LogP contribution in [-0.4, -0.2) is 139 Å². The van der Waals surface area contributed by atoms with Gasteiger partial charge in [-0.2, -0.15) is 9.97 Å². The van der Waals surface area contributed by atoms with Gasteiger partial charge in [-0.15, -0.1) is 5.54 Å². The molecule has 5 aromatic rings. The molecule has 5 heterocycles. The molecule has 3 fully saturated rings. The third-order valence-corrected chi connectivity index (χ3v) is 20.8. The third-order valence-electron chi connectivity index (χ3n) is 14.5. The summed E-state index contributed by atoms with van der Waals surface area (Å²) in [6.07, 6.45) is 1.84. The van der Waals surface area contributed by atoms with Gasteiger partial charge in [-0.25, -0.2) is 13.6 Å². The van der Waals surface area contributed by atoms with Crippen molar-refractivity contribution >= 4 is 41.7 Å². The topological polar surface area (TPSA) is 126 Å². The number of methoxy groups -OCH3 is 1. The first kappa shape index (κ1) is 51.9. The molecule has 16 heteroatoms. The van der Waals surface area contributed by atoms with Crippen LogP contribution in [0.4, 0.5) is 19.4 Å². The van der Waals surface area contributed by atoms with E-state index in [0.717, 1.165) is 45.6 Å². The van der Waals surface area contributed by atoms with Gasteiger partial charge in [0, 0.05) is 76.6 Å². The smallest absolute Gasteiger partial charge is 0.410 e. The molecule has 3 aliphatic rings. The molecule has 3 saturated heterocycles. The Labute approximate surface area is 418 Å². The van der Waals surface area contributed by atoms with Gasteiger partial charge in [-0.05, 0) is 79.4 Å². The first-order valence-corrected chi connectivity index (χ1v) is 27.4. The number of halogens is 2. The minimum atomic E-state index is -2.34. The van der Waals surface area contributed by atoms with E-state index in [1.165, 1.54) is 18.7 Å². The summed E-state index contributed by atoms with van der Waals surface area (Å²) >= 11 is 0. The number of nitrogens with zero attached hydrogens (tertiary/aromatic N) is 7. The average molecular weight is 992 g/mol. The Morgan fingerprint density at radius 1 is 0.887 bits per heavy atom. The first-order valence-electron chi connectivity index (χ1n) is 25.2. The van der Waals surface area contributed by atoms with Gasteiger partial charge in [-0.3, -0.25) is 19.7 Å². The fraction of sp³-hybridized carbons (Fsp3) is 0.527. The quantitative estimate of drug-likeness (QED) is 0.0610. The number of aliphatic hydroxyl groups excluding tert-OH is 1. The number of amides is 1. The second kappa shape index (κ2) is 21.7. The van der Waals surface area contributed by atoms with E-state index >= 15 is 8.78 Å². The van der Waals surface area contributed by atoms with E-state index < -0.39 is 31.4 Å². The summed E-state index contributed by atoms with van der Waals surface area (Å²) in [7, 11) is -0.829. The monoisotopic (exact) mass is 992 g/mol. The normalized spacial score (nSPS) is 18.4. The lowest BCUT2D eigenvalue weighted by Gasteiger charge is -2.42. The number of pyridine rings is 1. The molecule has 0 spiro atoms. The predicted octanol–water partition coefficient (Wildman–Crippen LogP) is 9.82. The van der Waals surface area contributed by atoms with Crippen LogP contribution in [0.3, 0.4) is 0 Å². The Hall–Kier alpha value is -5.44. The number of carbonyl (C=O) groups is 1. The third kappa shape index (κ3) is 11.3. The fourth-order valence-electron chi connectivity index (χ4n) is 11.2. The zero-order chi connectivity index (χ0) is 50.8. The van der Waals surface area contributed by atoms with Crippen molar-refractivity contribution in [3.63, 3.8) is 0 Å². The van der Waals surface area contributed by atoms with Gasteiger partial charge in [0.1, 0.15) is 55.0 Å². The van der Waals surface area contributed by atoms with E-state index in [-0.39, 0.29) is 59.9 Å². The highest BCUT2D eigenvalue weighted by atomic mass is 28.3. The van der Waals surface area contributed by atoms with Crippen molar-refractivity contribution < 1.29 is 37.6 Å². The number of fused-ring (bicyclic) bond motifs is 4. The number of benzene rings is 3. The highest BCUT2D eigenvalue weighted by molar-refractivity contribution is 6.90. The number of β-amino-alcohol motifs (C(OH)–C–C–N with tert-alkyl or cyclic N) is 1. The maximum atomic E-state index is 17.9. The number of ether oxygens (including phenoxy) is 4. The highest BCUT2D eigenvalue weighted by Crippen LogP contribution is 2.43. The summed E-state index contributed by atoms with van der Waals surface area (Å²) in [5.41, 5.74) is 5.46. The van der Waals surface area contributed by atoms with Crippen molar-refractivity contribution in [2.45, 2.75) is 122 Å². The summed E-state index contributed by atoms with van der Waals surface area (Å²) in [5.74, 6) is 2.81. The molecule has 2 unspecified atom stereocenters. The number of aromatic nitrogens is 3. The number of rotatable bonds is 15. The van der Waals surface area contributed by atoms with E-state index in [9.17, 15) is 9.90 Å². The molecule has 2 bridgehead atoms. The zero-order valence-corrected chi connectivity index (χ0v) is 44.1. The Morgan fingerprint density at radius 2 is 1.55 bits per heavy atom. The lowest BCUT2D eigenvalue weighted by atomic mass is 9.95. The van der Waals surface area contributed by atoms with Crippen LogP contribution in [-0.2, 0) is 16.0 Å². The van der Waals surface area contributed by atoms with Crippen LogP contribution in [0.2, 0.25) is 16.6 Å². The molecule has 3 atom stereocenters. The largest absolute Gasteiger partial charge is 0.468 e. The molecule has 8 rings (SSSR count). The van der Waals surface area contributed by atoms with Crippen LogP contribution in [0, 0.1) is 23.1 Å². The van der Waals surface area contributed by atoms with E-state index in [1.807, 2.05) is 36.6 Å². The molecular formula is C55H71F2N7O6Si. The van der Waals surface area contributed by atoms with Gasteiger partial charge in [0.15, 0.2) is 12.6 Å². The average Bonchev–Trinajstić information content (AvgIpc) is 3.60. The van der Waals surface area contributed by atoms with Crippen LogP contribution in [0.5, 0.6) is 11.8 Å². The SMILES string of the molecule is COCOc1cc(-c2ncc3c(N4CC5CCC(C4)N5C(=O)OC(C)(C)C)nc(OC[C@H](O)CN4CCN(Cc5ccccc5)CC4)nc3c2F)c2c(C#C[Si](C(C)C)(C(C)C)C(C)C)c(F)ccc2c1. The number of hydrogen-bond acceptors (Lipinski definition) is 12. The summed E-state index contributed by atoms with van der Waals surface area (Å²) in [6, 6.07) is 16.4. The van der Waals surface area contributed by atoms with Crippen LogP contribution < -0.4 is 14.4 Å². The van der Waals surface area contributed by atoms with Crippen molar-refractivity contribution in [2.75, 3.05) is 71.2 Å². The van der Waals surface area contributed by atoms with Crippen LogP contribution >= 0.6 is 0 Å². The summed E-state index contributed by atoms with van der Waals surface area (Å²) < 4.78 is 57.6. The standard InChI is InChI=1S/C55H71F2N7O6Si/c1-35(2)71(36(3)4,37(5)6)25-20-44-47(56)19-16-39-26-43(69-34-67-10)27-45(48(39)44)50-49(57)51-46(28-58-50)52(63-30-40-17-18-41(31-63)64(40)54(66)70-55(7,8)9)60-53(59-51)68-33-42(65)32-62-23-21-61(22-24-62)29-38-14-12-11-13-15-38/h11-16,19,26-28,35-37,40-42,65H,17-18,21-24,29-34H2,1-10H3/t40?,41?,42-/m1/s1. The number of piperazine rings is 2. The Balaban J connectivity index is 1.18. The van der Waals surface area contributed by atoms with Gasteiger partial charge in [0.2, 0.25) is 0 Å². The summed E-state index contributed by atoms with van der Waals surface area (Å²) in [4.78, 5) is 36.4. The van der Waals surface area contributed by atoms with Crippen molar-refractivity contribution in [3.05, 3.63) is 83.6 Å². The van der Waals surface area contributed by atoms with E-state index in [1.54, 1.807) is 24.4 Å². The molecule has 0 saturated carbocycles. The van der Waals surface area contributed by atoms with Crippen molar-refractivity contribution in [1.82, 2.24) is 29.7 Å². The van der Waals surface area contributed by atoms with Gasteiger partial charge in [-0.1, -0.05) is 83.9 Å². The van der Waals surface area contributed by atoms with Crippen LogP contribution in [0.15, 0.2) is 60.8 Å².